The van der Waals surface area contributed by atoms with Crippen LogP contribution in [0.3, 0.4) is 0 Å². The van der Waals surface area contributed by atoms with E-state index >= 15 is 0 Å². The number of nitrogens with one attached hydrogen (secondary N) is 1. The molecule has 1 aliphatic carbocycles. The highest BCUT2D eigenvalue weighted by molar-refractivity contribution is 7.91. The average Bonchev–Trinajstić information content (AvgIpc) is 2.49. The fraction of sp³-hybridized carbons (Fsp3) is 0.846. The molecule has 0 radical (unpaired) electrons. The van der Waals surface area contributed by atoms with E-state index in [4.69, 9.17) is 10.9 Å². The van der Waals surface area contributed by atoms with Gasteiger partial charge in [-0.15, -0.1) is 0 Å². The van der Waals surface area contributed by atoms with Gasteiger partial charge in [-0.2, -0.15) is 0 Å². The molecule has 7 nitrogen and oxygen atoms in total. The number of nitrogens with two attached hydrogens (primary N) is 1. The summed E-state index contributed by atoms with van der Waals surface area (Å²) in [5, 5.41) is 14.9. The van der Waals surface area contributed by atoms with Crippen molar-refractivity contribution in [1.82, 2.24) is 5.32 Å². The first-order chi connectivity index (χ1) is 9.89. The Morgan fingerprint density at radius 2 is 1.76 bits per heavy atom. The number of amidine groups is 1. The van der Waals surface area contributed by atoms with E-state index in [1.54, 1.807) is 0 Å². The standard InChI is InChI=1S/C13H23N3O4S/c14-11(16-18)13(6-2-1-3-7-13)12(17)15-10-4-8-21(19,20)9-5-10/h10,18H,1-9H2,(H2,14,16)(H,15,17). The maximum Gasteiger partial charge on any atom is 0.234 e. The number of hydrogen-bond acceptors (Lipinski definition) is 5. The van der Waals surface area contributed by atoms with Crippen molar-refractivity contribution in [3.63, 3.8) is 0 Å². The van der Waals surface area contributed by atoms with Crippen LogP contribution >= 0.6 is 0 Å². The topological polar surface area (TPSA) is 122 Å². The minimum atomic E-state index is -2.95. The van der Waals surface area contributed by atoms with Crippen LogP contribution in [0.4, 0.5) is 0 Å². The van der Waals surface area contributed by atoms with Gasteiger partial charge in [0.15, 0.2) is 5.84 Å². The summed E-state index contributed by atoms with van der Waals surface area (Å²) >= 11 is 0. The van der Waals surface area contributed by atoms with Crippen LogP contribution in [-0.4, -0.2) is 42.9 Å². The number of carbonyl (C=O) groups is 1. The van der Waals surface area contributed by atoms with E-state index in [1.807, 2.05) is 0 Å². The van der Waals surface area contributed by atoms with Crippen LogP contribution < -0.4 is 11.1 Å². The summed E-state index contributed by atoms with van der Waals surface area (Å²) in [5.41, 5.74) is 4.83. The fourth-order valence-corrected chi connectivity index (χ4v) is 4.70. The van der Waals surface area contributed by atoms with Crippen molar-refractivity contribution in [2.24, 2.45) is 16.3 Å². The lowest BCUT2D eigenvalue weighted by Crippen LogP contribution is -2.54. The van der Waals surface area contributed by atoms with Gasteiger partial charge in [0.05, 0.1) is 11.5 Å². The summed E-state index contributed by atoms with van der Waals surface area (Å²) in [4.78, 5) is 12.6. The van der Waals surface area contributed by atoms with Crippen molar-refractivity contribution < 1.29 is 18.4 Å². The van der Waals surface area contributed by atoms with Crippen LogP contribution in [0.5, 0.6) is 0 Å². The maximum absolute atomic E-state index is 12.6. The van der Waals surface area contributed by atoms with Crippen molar-refractivity contribution in [2.75, 3.05) is 11.5 Å². The Morgan fingerprint density at radius 3 is 2.29 bits per heavy atom. The molecule has 2 fully saturated rings. The molecule has 1 heterocycles. The van der Waals surface area contributed by atoms with E-state index in [-0.39, 0.29) is 29.3 Å². The van der Waals surface area contributed by atoms with Crippen molar-refractivity contribution in [3.8, 4) is 0 Å². The zero-order chi connectivity index (χ0) is 15.5. The third-order valence-electron chi connectivity index (χ3n) is 4.63. The Morgan fingerprint density at radius 1 is 1.19 bits per heavy atom. The number of oxime groups is 1. The molecule has 2 aliphatic rings. The van der Waals surface area contributed by atoms with Crippen molar-refractivity contribution >= 4 is 21.6 Å². The summed E-state index contributed by atoms with van der Waals surface area (Å²) in [5.74, 6) is -0.0619. The molecule has 0 unspecified atom stereocenters. The lowest BCUT2D eigenvalue weighted by molar-refractivity contribution is -0.129. The Kier molecular flexibility index (Phi) is 4.75. The lowest BCUT2D eigenvalue weighted by atomic mass is 9.72. The highest BCUT2D eigenvalue weighted by Gasteiger charge is 2.44. The third kappa shape index (κ3) is 3.48. The molecule has 0 bridgehead atoms. The van der Waals surface area contributed by atoms with E-state index in [9.17, 15) is 13.2 Å². The molecular formula is C13H23N3O4S. The first kappa shape index (κ1) is 16.1. The Bertz CT molecular complexity index is 510. The summed E-state index contributed by atoms with van der Waals surface area (Å²) in [6.45, 7) is 0. The van der Waals surface area contributed by atoms with Gasteiger partial charge in [0.1, 0.15) is 15.3 Å². The van der Waals surface area contributed by atoms with Crippen LogP contribution in [0.15, 0.2) is 5.16 Å². The third-order valence-corrected chi connectivity index (χ3v) is 6.35. The fourth-order valence-electron chi connectivity index (χ4n) is 3.21. The van der Waals surface area contributed by atoms with Crippen LogP contribution in [0.2, 0.25) is 0 Å². The van der Waals surface area contributed by atoms with Crippen LogP contribution in [0.1, 0.15) is 44.9 Å². The SMILES string of the molecule is NC(=NO)C1(C(=O)NC2CCS(=O)(=O)CC2)CCCCC1. The van der Waals surface area contributed by atoms with Crippen molar-refractivity contribution in [3.05, 3.63) is 0 Å². The number of sulfone groups is 1. The molecular weight excluding hydrogens is 294 g/mol. The second-order valence-electron chi connectivity index (χ2n) is 6.03. The minimum absolute atomic E-state index is 0.0388. The smallest absolute Gasteiger partial charge is 0.234 e. The van der Waals surface area contributed by atoms with Gasteiger partial charge in [0.25, 0.3) is 0 Å². The van der Waals surface area contributed by atoms with Crippen molar-refractivity contribution in [1.29, 1.82) is 0 Å². The van der Waals surface area contributed by atoms with E-state index < -0.39 is 15.3 Å². The van der Waals surface area contributed by atoms with E-state index in [0.29, 0.717) is 25.7 Å². The number of nitrogens with zero attached hydrogens (tertiary/aromatic N) is 1. The molecule has 21 heavy (non-hydrogen) atoms. The molecule has 2 rings (SSSR count). The van der Waals surface area contributed by atoms with Crippen LogP contribution in [-0.2, 0) is 14.6 Å². The molecule has 0 aromatic rings. The minimum Gasteiger partial charge on any atom is -0.409 e. The molecule has 0 atom stereocenters. The predicted octanol–water partition coefficient (Wildman–Crippen LogP) is 0.377. The Hall–Kier alpha value is -1.31. The molecule has 0 aromatic heterocycles. The number of rotatable bonds is 3. The quantitative estimate of drug-likeness (QED) is 0.300. The van der Waals surface area contributed by atoms with Gasteiger partial charge < -0.3 is 16.3 Å². The number of amides is 1. The maximum atomic E-state index is 12.6. The highest BCUT2D eigenvalue weighted by atomic mass is 32.2. The van der Waals surface area contributed by atoms with Crippen molar-refractivity contribution in [2.45, 2.75) is 51.0 Å². The molecule has 1 aliphatic heterocycles. The zero-order valence-corrected chi connectivity index (χ0v) is 12.9. The molecule has 1 saturated carbocycles. The average molecular weight is 317 g/mol. The van der Waals surface area contributed by atoms with E-state index in [1.165, 1.54) is 0 Å². The van der Waals surface area contributed by atoms with Crippen LogP contribution in [0.25, 0.3) is 0 Å². The molecule has 4 N–H and O–H groups in total. The Balaban J connectivity index is 2.06. The summed E-state index contributed by atoms with van der Waals surface area (Å²) in [7, 11) is -2.95. The van der Waals surface area contributed by atoms with Gasteiger partial charge in [-0.3, -0.25) is 4.79 Å². The van der Waals surface area contributed by atoms with Gasteiger partial charge in [0.2, 0.25) is 5.91 Å². The summed E-state index contributed by atoms with van der Waals surface area (Å²) < 4.78 is 22.8. The zero-order valence-electron chi connectivity index (χ0n) is 12.0. The van der Waals surface area contributed by atoms with E-state index in [2.05, 4.69) is 10.5 Å². The molecule has 8 heteroatoms. The van der Waals surface area contributed by atoms with Gasteiger partial charge in [0, 0.05) is 6.04 Å². The molecule has 1 amide bonds. The van der Waals surface area contributed by atoms with Gasteiger partial charge in [-0.05, 0) is 25.7 Å². The first-order valence-corrected chi connectivity index (χ1v) is 9.21. The van der Waals surface area contributed by atoms with Gasteiger partial charge in [-0.1, -0.05) is 24.4 Å². The predicted molar refractivity (Wildman–Crippen MR) is 78.7 cm³/mol. The highest BCUT2D eigenvalue weighted by Crippen LogP contribution is 2.37. The second-order valence-corrected chi connectivity index (χ2v) is 8.33. The molecule has 120 valence electrons. The molecule has 0 aromatic carbocycles. The monoisotopic (exact) mass is 317 g/mol. The van der Waals surface area contributed by atoms with E-state index in [0.717, 1.165) is 19.3 Å². The van der Waals surface area contributed by atoms with Gasteiger partial charge in [-0.25, -0.2) is 8.42 Å². The second kappa shape index (κ2) is 6.21. The summed E-state index contributed by atoms with van der Waals surface area (Å²) in [6, 6.07) is -0.147. The normalized spacial score (nSPS) is 26.2. The lowest BCUT2D eigenvalue weighted by Gasteiger charge is -2.36. The number of hydrogen-bond donors (Lipinski definition) is 3. The van der Waals surface area contributed by atoms with Gasteiger partial charge >= 0.3 is 0 Å². The number of carbonyl (C=O) groups excluding carboxylic acids is 1. The Labute approximate surface area is 124 Å². The molecule has 1 saturated heterocycles. The molecule has 0 spiro atoms. The largest absolute Gasteiger partial charge is 0.409 e. The summed E-state index contributed by atoms with van der Waals surface area (Å²) in [6.07, 6.45) is 4.76. The first-order valence-electron chi connectivity index (χ1n) is 7.39. The van der Waals surface area contributed by atoms with Crippen LogP contribution in [0, 0.1) is 5.41 Å².